The van der Waals surface area contributed by atoms with E-state index >= 15 is 0 Å². The number of rotatable bonds is 2. The summed E-state index contributed by atoms with van der Waals surface area (Å²) in [6.07, 6.45) is 1.98. The zero-order chi connectivity index (χ0) is 12.5. The topological polar surface area (TPSA) is 26.5 Å². The molecule has 0 radical (unpaired) electrons. The van der Waals surface area contributed by atoms with Gasteiger partial charge < -0.3 is 4.74 Å². The van der Waals surface area contributed by atoms with Crippen molar-refractivity contribution in [2.24, 2.45) is 0 Å². The van der Waals surface area contributed by atoms with Crippen molar-refractivity contribution in [3.8, 4) is 17.1 Å². The molecule has 3 aromatic rings. The van der Waals surface area contributed by atoms with Crippen LogP contribution in [0.25, 0.3) is 16.9 Å². The van der Waals surface area contributed by atoms with Crippen LogP contribution in [0.4, 0.5) is 0 Å². The molecular formula is C14H11BrN2O. The molecule has 3 rings (SSSR count). The van der Waals surface area contributed by atoms with Crippen LogP contribution in [0.5, 0.6) is 5.88 Å². The first-order valence-electron chi connectivity index (χ1n) is 5.56. The molecule has 0 fully saturated rings. The predicted octanol–water partition coefficient (Wildman–Crippen LogP) is 3.77. The predicted molar refractivity (Wildman–Crippen MR) is 74.9 cm³/mol. The maximum Gasteiger partial charge on any atom is 0.198 e. The minimum absolute atomic E-state index is 0.779. The Balaban J connectivity index is 2.19. The molecule has 1 aromatic carbocycles. The number of imidazole rings is 1. The Morgan fingerprint density at radius 3 is 2.78 bits per heavy atom. The highest BCUT2D eigenvalue weighted by molar-refractivity contribution is 9.10. The number of hydrogen-bond acceptors (Lipinski definition) is 2. The van der Waals surface area contributed by atoms with Gasteiger partial charge in [0.05, 0.1) is 12.8 Å². The summed E-state index contributed by atoms with van der Waals surface area (Å²) in [4.78, 5) is 4.59. The van der Waals surface area contributed by atoms with E-state index in [4.69, 9.17) is 4.74 Å². The summed E-state index contributed by atoms with van der Waals surface area (Å²) in [5.74, 6) is 0.779. The minimum atomic E-state index is 0.779. The van der Waals surface area contributed by atoms with E-state index in [0.29, 0.717) is 0 Å². The third-order valence-corrected chi connectivity index (χ3v) is 3.28. The molecule has 0 atom stereocenters. The molecule has 0 unspecified atom stereocenters. The van der Waals surface area contributed by atoms with Crippen molar-refractivity contribution in [3.05, 3.63) is 53.1 Å². The van der Waals surface area contributed by atoms with Gasteiger partial charge >= 0.3 is 0 Å². The molecular weight excluding hydrogens is 292 g/mol. The van der Waals surface area contributed by atoms with Crippen molar-refractivity contribution in [1.82, 2.24) is 9.38 Å². The Morgan fingerprint density at radius 1 is 1.17 bits per heavy atom. The van der Waals surface area contributed by atoms with Gasteiger partial charge in [0.2, 0.25) is 0 Å². The summed E-state index contributed by atoms with van der Waals surface area (Å²) in [6.45, 7) is 0. The number of nitrogens with zero attached hydrogens (tertiary/aromatic N) is 2. The summed E-state index contributed by atoms with van der Waals surface area (Å²) >= 11 is 3.47. The van der Waals surface area contributed by atoms with Gasteiger partial charge in [0.15, 0.2) is 5.88 Å². The summed E-state index contributed by atoms with van der Waals surface area (Å²) in [6, 6.07) is 13.9. The van der Waals surface area contributed by atoms with Gasteiger partial charge in [0.25, 0.3) is 0 Å². The van der Waals surface area contributed by atoms with Crippen LogP contribution in [0.2, 0.25) is 0 Å². The van der Waals surface area contributed by atoms with Gasteiger partial charge in [-0.05, 0) is 24.3 Å². The number of fused-ring (bicyclic) bond motifs is 1. The van der Waals surface area contributed by atoms with Crippen LogP contribution >= 0.6 is 15.9 Å². The molecule has 2 heterocycles. The minimum Gasteiger partial charge on any atom is -0.482 e. The van der Waals surface area contributed by atoms with Crippen LogP contribution in [-0.2, 0) is 0 Å². The quantitative estimate of drug-likeness (QED) is 0.720. The van der Waals surface area contributed by atoms with Crippen LogP contribution in [0.3, 0.4) is 0 Å². The first-order valence-corrected chi connectivity index (χ1v) is 6.35. The second kappa shape index (κ2) is 4.46. The number of halogens is 1. The van der Waals surface area contributed by atoms with Crippen molar-refractivity contribution >= 4 is 21.6 Å². The molecule has 0 N–H and O–H groups in total. The Bertz CT molecular complexity index is 706. The Hall–Kier alpha value is -1.81. The number of hydrogen-bond donors (Lipinski definition) is 0. The molecule has 0 saturated heterocycles. The molecule has 0 aliphatic carbocycles. The van der Waals surface area contributed by atoms with Gasteiger partial charge in [0, 0.05) is 16.2 Å². The number of aromatic nitrogens is 2. The maximum atomic E-state index is 5.31. The lowest BCUT2D eigenvalue weighted by atomic mass is 10.2. The second-order valence-corrected chi connectivity index (χ2v) is 4.85. The average molecular weight is 303 g/mol. The Kier molecular flexibility index (Phi) is 2.80. The zero-order valence-corrected chi connectivity index (χ0v) is 11.4. The molecule has 4 heteroatoms. The van der Waals surface area contributed by atoms with E-state index in [1.165, 1.54) is 0 Å². The summed E-state index contributed by atoms with van der Waals surface area (Å²) in [5.41, 5.74) is 2.89. The van der Waals surface area contributed by atoms with E-state index in [9.17, 15) is 0 Å². The lowest BCUT2D eigenvalue weighted by Crippen LogP contribution is -1.91. The van der Waals surface area contributed by atoms with Crippen LogP contribution in [0, 0.1) is 0 Å². The highest BCUT2D eigenvalue weighted by Crippen LogP contribution is 2.24. The fourth-order valence-corrected chi connectivity index (χ4v) is 2.34. The lowest BCUT2D eigenvalue weighted by Gasteiger charge is -2.01. The molecule has 0 spiro atoms. The number of pyridine rings is 1. The molecule has 2 aromatic heterocycles. The fraction of sp³-hybridized carbons (Fsp3) is 0.0714. The zero-order valence-electron chi connectivity index (χ0n) is 9.80. The fourth-order valence-electron chi connectivity index (χ4n) is 1.94. The maximum absolute atomic E-state index is 5.31. The van der Waals surface area contributed by atoms with E-state index in [2.05, 4.69) is 20.9 Å². The molecule has 0 aliphatic heterocycles. The number of ether oxygens (including phenoxy) is 1. The van der Waals surface area contributed by atoms with Gasteiger partial charge in [-0.3, -0.25) is 4.40 Å². The smallest absolute Gasteiger partial charge is 0.198 e. The van der Waals surface area contributed by atoms with E-state index < -0.39 is 0 Å². The van der Waals surface area contributed by atoms with Crippen LogP contribution in [-0.4, -0.2) is 16.5 Å². The molecule has 3 nitrogen and oxygen atoms in total. The Morgan fingerprint density at radius 2 is 2.00 bits per heavy atom. The van der Waals surface area contributed by atoms with Gasteiger partial charge in [-0.1, -0.05) is 34.1 Å². The van der Waals surface area contributed by atoms with Crippen molar-refractivity contribution in [2.45, 2.75) is 0 Å². The van der Waals surface area contributed by atoms with Gasteiger partial charge in [0.1, 0.15) is 5.65 Å². The van der Waals surface area contributed by atoms with Crippen molar-refractivity contribution < 1.29 is 4.74 Å². The molecule has 18 heavy (non-hydrogen) atoms. The van der Waals surface area contributed by atoms with Gasteiger partial charge in [-0.25, -0.2) is 4.98 Å². The highest BCUT2D eigenvalue weighted by atomic mass is 79.9. The van der Waals surface area contributed by atoms with Crippen LogP contribution < -0.4 is 4.74 Å². The molecule has 0 amide bonds. The first-order chi connectivity index (χ1) is 8.78. The molecule has 0 aliphatic rings. The second-order valence-electron chi connectivity index (χ2n) is 3.93. The van der Waals surface area contributed by atoms with Crippen molar-refractivity contribution in [1.29, 1.82) is 0 Å². The van der Waals surface area contributed by atoms with Crippen molar-refractivity contribution in [3.63, 3.8) is 0 Å². The number of benzene rings is 1. The van der Waals surface area contributed by atoms with Gasteiger partial charge in [-0.15, -0.1) is 0 Å². The first kappa shape index (κ1) is 11.3. The van der Waals surface area contributed by atoms with E-state index in [1.54, 1.807) is 7.11 Å². The highest BCUT2D eigenvalue weighted by Gasteiger charge is 2.07. The van der Waals surface area contributed by atoms with E-state index in [-0.39, 0.29) is 0 Å². The molecule has 0 bridgehead atoms. The van der Waals surface area contributed by atoms with Crippen molar-refractivity contribution in [2.75, 3.05) is 7.11 Å². The summed E-state index contributed by atoms with van der Waals surface area (Å²) in [7, 11) is 1.66. The third kappa shape index (κ3) is 1.88. The van der Waals surface area contributed by atoms with E-state index in [1.807, 2.05) is 53.1 Å². The summed E-state index contributed by atoms with van der Waals surface area (Å²) in [5, 5.41) is 0. The largest absolute Gasteiger partial charge is 0.482 e. The Labute approximate surface area is 113 Å². The van der Waals surface area contributed by atoms with Crippen LogP contribution in [0.1, 0.15) is 0 Å². The third-order valence-electron chi connectivity index (χ3n) is 2.78. The normalized spacial score (nSPS) is 10.8. The molecule has 0 saturated carbocycles. The average Bonchev–Trinajstić information content (AvgIpc) is 2.82. The van der Waals surface area contributed by atoms with Crippen LogP contribution in [0.15, 0.2) is 53.1 Å². The monoisotopic (exact) mass is 302 g/mol. The molecule has 90 valence electrons. The standard InChI is InChI=1S/C14H11BrN2O/c1-18-14-7-3-6-13-16-12(9-17(13)14)10-4-2-5-11(15)8-10/h2-9H,1H3. The van der Waals surface area contributed by atoms with E-state index in [0.717, 1.165) is 27.3 Å². The SMILES string of the molecule is COc1cccc2nc(-c3cccc(Br)c3)cn12. The van der Waals surface area contributed by atoms with Gasteiger partial charge in [-0.2, -0.15) is 0 Å². The summed E-state index contributed by atoms with van der Waals surface area (Å²) < 4.78 is 8.30. The lowest BCUT2D eigenvalue weighted by molar-refractivity contribution is 0.392. The number of methoxy groups -OCH3 is 1.